The van der Waals surface area contributed by atoms with Crippen LogP contribution in [0.25, 0.3) is 22.1 Å². The number of esters is 1. The summed E-state index contributed by atoms with van der Waals surface area (Å²) in [6.07, 6.45) is 2.93. The van der Waals surface area contributed by atoms with Crippen molar-refractivity contribution in [1.29, 1.82) is 0 Å². The molecule has 0 saturated carbocycles. The van der Waals surface area contributed by atoms with Crippen LogP contribution in [-0.2, 0) is 14.2 Å². The van der Waals surface area contributed by atoms with Crippen LogP contribution >= 0.6 is 0 Å². The molecule has 2 aromatic heterocycles. The van der Waals surface area contributed by atoms with E-state index in [2.05, 4.69) is 4.98 Å². The van der Waals surface area contributed by atoms with Gasteiger partial charge in [-0.25, -0.2) is 4.79 Å². The summed E-state index contributed by atoms with van der Waals surface area (Å²) in [7, 11) is 1.36. The molecular weight excluding hydrogens is 334 g/mol. The van der Waals surface area contributed by atoms with Gasteiger partial charge in [-0.05, 0) is 37.6 Å². The fourth-order valence-corrected chi connectivity index (χ4v) is 2.72. The van der Waals surface area contributed by atoms with Crippen LogP contribution in [0.3, 0.4) is 0 Å². The molecule has 26 heavy (non-hydrogen) atoms. The topological polar surface area (TPSA) is 70.8 Å². The average Bonchev–Trinajstić information content (AvgIpc) is 3.11. The lowest BCUT2D eigenvalue weighted by Crippen LogP contribution is -2.07. The van der Waals surface area contributed by atoms with Crippen molar-refractivity contribution in [1.82, 2.24) is 4.98 Å². The van der Waals surface area contributed by atoms with E-state index < -0.39 is 6.29 Å². The van der Waals surface area contributed by atoms with E-state index in [1.54, 1.807) is 24.5 Å². The van der Waals surface area contributed by atoms with Gasteiger partial charge in [-0.2, -0.15) is 0 Å². The van der Waals surface area contributed by atoms with Gasteiger partial charge in [0.15, 0.2) is 5.76 Å². The number of carbonyl (C=O) groups excluding carboxylic acids is 1. The number of fused-ring (bicyclic) bond motifs is 1. The zero-order valence-corrected chi connectivity index (χ0v) is 15.0. The Labute approximate surface area is 151 Å². The number of benzene rings is 1. The highest BCUT2D eigenvalue weighted by Crippen LogP contribution is 2.33. The Bertz CT molecular complexity index is 879. The van der Waals surface area contributed by atoms with Crippen molar-refractivity contribution in [2.45, 2.75) is 20.1 Å². The molecule has 0 fully saturated rings. The van der Waals surface area contributed by atoms with Gasteiger partial charge in [-0.1, -0.05) is 12.1 Å². The number of methoxy groups -OCH3 is 1. The third-order valence-electron chi connectivity index (χ3n) is 3.93. The molecule has 3 aromatic rings. The maximum atomic E-state index is 11.6. The van der Waals surface area contributed by atoms with Crippen LogP contribution in [0.4, 0.5) is 0 Å². The fraction of sp³-hybridized carbons (Fsp3) is 0.300. The molecule has 6 nitrogen and oxygen atoms in total. The molecule has 3 rings (SSSR count). The summed E-state index contributed by atoms with van der Waals surface area (Å²) < 4.78 is 22.0. The highest BCUT2D eigenvalue weighted by atomic mass is 16.7. The molecule has 0 atom stereocenters. The molecule has 0 radical (unpaired) electrons. The first kappa shape index (κ1) is 18.1. The summed E-state index contributed by atoms with van der Waals surface area (Å²) in [5, 5.41) is 0.860. The molecule has 0 saturated heterocycles. The highest BCUT2D eigenvalue weighted by molar-refractivity contribution is 5.93. The molecule has 0 aliphatic carbocycles. The van der Waals surface area contributed by atoms with E-state index in [1.807, 2.05) is 32.0 Å². The first-order valence-electron chi connectivity index (χ1n) is 8.47. The number of hydrogen-bond donors (Lipinski definition) is 0. The van der Waals surface area contributed by atoms with Gasteiger partial charge in [-0.15, -0.1) is 0 Å². The van der Waals surface area contributed by atoms with Gasteiger partial charge in [0, 0.05) is 36.6 Å². The summed E-state index contributed by atoms with van der Waals surface area (Å²) >= 11 is 0. The second-order valence-electron chi connectivity index (χ2n) is 5.57. The van der Waals surface area contributed by atoms with Crippen molar-refractivity contribution >= 4 is 16.9 Å². The van der Waals surface area contributed by atoms with E-state index in [-0.39, 0.29) is 5.97 Å². The molecule has 2 heterocycles. The number of rotatable bonds is 7. The van der Waals surface area contributed by atoms with Crippen molar-refractivity contribution in [2.24, 2.45) is 0 Å². The normalized spacial score (nSPS) is 11.2. The quantitative estimate of drug-likeness (QED) is 0.463. The molecule has 0 bridgehead atoms. The van der Waals surface area contributed by atoms with Crippen molar-refractivity contribution < 1.29 is 23.4 Å². The van der Waals surface area contributed by atoms with Gasteiger partial charge in [0.1, 0.15) is 5.58 Å². The second-order valence-corrected chi connectivity index (χ2v) is 5.57. The summed E-state index contributed by atoms with van der Waals surface area (Å²) in [6.45, 7) is 4.85. The minimum Gasteiger partial charge on any atom is -0.465 e. The summed E-state index contributed by atoms with van der Waals surface area (Å²) in [5.74, 6) is 0.230. The standard InChI is InChI=1S/C20H21NO5/c1-4-24-20(25-5-2)17-10-15-11-21-12-16(18(15)26-17)13-6-8-14(9-7-13)19(22)23-3/h6-12,20H,4-5H2,1-3H3. The fourth-order valence-electron chi connectivity index (χ4n) is 2.72. The van der Waals surface area contributed by atoms with Gasteiger partial charge in [0.05, 0.1) is 12.7 Å². The van der Waals surface area contributed by atoms with E-state index >= 15 is 0 Å². The molecule has 0 N–H and O–H groups in total. The number of aromatic nitrogens is 1. The van der Waals surface area contributed by atoms with Crippen molar-refractivity contribution in [3.63, 3.8) is 0 Å². The SMILES string of the molecule is CCOC(OCC)c1cc2cncc(-c3ccc(C(=O)OC)cc3)c2o1. The first-order chi connectivity index (χ1) is 12.7. The minimum atomic E-state index is -0.549. The van der Waals surface area contributed by atoms with Gasteiger partial charge >= 0.3 is 5.97 Å². The summed E-state index contributed by atoms with van der Waals surface area (Å²) in [4.78, 5) is 15.9. The second kappa shape index (κ2) is 8.12. The van der Waals surface area contributed by atoms with Crippen LogP contribution in [0.2, 0.25) is 0 Å². The number of furan rings is 1. The number of hydrogen-bond acceptors (Lipinski definition) is 6. The Morgan fingerprint density at radius 2 is 1.81 bits per heavy atom. The van der Waals surface area contributed by atoms with Gasteiger partial charge in [0.25, 0.3) is 0 Å². The summed E-state index contributed by atoms with van der Waals surface area (Å²) in [6, 6.07) is 8.99. The van der Waals surface area contributed by atoms with Crippen molar-refractivity contribution in [3.8, 4) is 11.1 Å². The third-order valence-corrected chi connectivity index (χ3v) is 3.93. The van der Waals surface area contributed by atoms with Crippen LogP contribution < -0.4 is 0 Å². The van der Waals surface area contributed by atoms with Crippen LogP contribution in [0.15, 0.2) is 47.1 Å². The number of nitrogens with zero attached hydrogens (tertiary/aromatic N) is 1. The predicted molar refractivity (Wildman–Crippen MR) is 96.8 cm³/mol. The predicted octanol–water partition coefficient (Wildman–Crippen LogP) is 4.35. The van der Waals surface area contributed by atoms with Crippen molar-refractivity contribution in [2.75, 3.05) is 20.3 Å². The lowest BCUT2D eigenvalue weighted by Gasteiger charge is -2.13. The smallest absolute Gasteiger partial charge is 0.337 e. The van der Waals surface area contributed by atoms with Gasteiger partial charge in [-0.3, -0.25) is 4.98 Å². The number of ether oxygens (including phenoxy) is 3. The van der Waals surface area contributed by atoms with Gasteiger partial charge in [0.2, 0.25) is 6.29 Å². The molecular formula is C20H21NO5. The highest BCUT2D eigenvalue weighted by Gasteiger charge is 2.19. The monoisotopic (exact) mass is 355 g/mol. The number of carbonyl (C=O) groups is 1. The maximum absolute atomic E-state index is 11.6. The molecule has 0 aliphatic rings. The average molecular weight is 355 g/mol. The Kier molecular flexibility index (Phi) is 5.65. The summed E-state index contributed by atoms with van der Waals surface area (Å²) in [5.41, 5.74) is 2.91. The van der Waals surface area contributed by atoms with E-state index in [9.17, 15) is 4.79 Å². The van der Waals surface area contributed by atoms with Crippen LogP contribution in [0.5, 0.6) is 0 Å². The van der Waals surface area contributed by atoms with Crippen LogP contribution in [-0.4, -0.2) is 31.3 Å². The Morgan fingerprint density at radius 1 is 1.12 bits per heavy atom. The van der Waals surface area contributed by atoms with Crippen LogP contribution in [0.1, 0.15) is 36.3 Å². The third kappa shape index (κ3) is 3.61. The van der Waals surface area contributed by atoms with Crippen LogP contribution in [0, 0.1) is 0 Å². The Hall–Kier alpha value is -2.70. The molecule has 0 amide bonds. The molecule has 0 unspecified atom stereocenters. The van der Waals surface area contributed by atoms with Gasteiger partial charge < -0.3 is 18.6 Å². The van der Waals surface area contributed by atoms with Crippen molar-refractivity contribution in [3.05, 3.63) is 54.0 Å². The lowest BCUT2D eigenvalue weighted by atomic mass is 10.0. The molecule has 0 aliphatic heterocycles. The zero-order valence-electron chi connectivity index (χ0n) is 15.0. The molecule has 136 valence electrons. The molecule has 6 heteroatoms. The van der Waals surface area contributed by atoms with E-state index in [4.69, 9.17) is 18.6 Å². The minimum absolute atomic E-state index is 0.371. The molecule has 1 aromatic carbocycles. The molecule has 0 spiro atoms. The first-order valence-corrected chi connectivity index (χ1v) is 8.47. The Balaban J connectivity index is 2.00. The Morgan fingerprint density at radius 3 is 2.42 bits per heavy atom. The van der Waals surface area contributed by atoms with E-state index in [1.165, 1.54) is 7.11 Å². The lowest BCUT2D eigenvalue weighted by molar-refractivity contribution is -0.150. The maximum Gasteiger partial charge on any atom is 0.337 e. The zero-order chi connectivity index (χ0) is 18.5. The largest absolute Gasteiger partial charge is 0.465 e. The van der Waals surface area contributed by atoms with E-state index in [0.717, 1.165) is 16.5 Å². The number of pyridine rings is 1. The van der Waals surface area contributed by atoms with E-state index in [0.29, 0.717) is 30.1 Å².